The number of carbonyl (C=O) groups is 1. The standard InChI is InChI=1S/C26H23FN2O3/c1-17(26(30)23(16-28)18-5-3-2-4-6-18)31-21-9-11-22(12-10-21)32-25-14-7-19-15-20(27)8-13-24(19)29-25/h3,5,7-15,17-18,23H,2,4,6H2,1H3. The fraction of sp³-hybridized carbons (Fsp3) is 0.269. The van der Waals surface area contributed by atoms with Crippen LogP contribution in [0.5, 0.6) is 17.4 Å². The first-order valence-electron chi connectivity index (χ1n) is 10.6. The third-order valence-corrected chi connectivity index (χ3v) is 5.55. The molecule has 0 amide bonds. The van der Waals surface area contributed by atoms with Gasteiger partial charge in [-0.15, -0.1) is 0 Å². The molecule has 0 bridgehead atoms. The Morgan fingerprint density at radius 1 is 1.16 bits per heavy atom. The van der Waals surface area contributed by atoms with Gasteiger partial charge >= 0.3 is 0 Å². The van der Waals surface area contributed by atoms with Crippen LogP contribution in [-0.2, 0) is 4.79 Å². The Balaban J connectivity index is 1.39. The molecule has 0 saturated carbocycles. The number of halogens is 1. The molecule has 4 rings (SSSR count). The van der Waals surface area contributed by atoms with Gasteiger partial charge in [-0.05, 0) is 80.6 Å². The molecular weight excluding hydrogens is 407 g/mol. The summed E-state index contributed by atoms with van der Waals surface area (Å²) in [6.45, 7) is 1.67. The zero-order valence-corrected chi connectivity index (χ0v) is 17.7. The van der Waals surface area contributed by atoms with Gasteiger partial charge in [0.15, 0.2) is 11.9 Å². The lowest BCUT2D eigenvalue weighted by Crippen LogP contribution is -2.33. The Morgan fingerprint density at radius 2 is 1.94 bits per heavy atom. The van der Waals surface area contributed by atoms with Crippen molar-refractivity contribution in [2.24, 2.45) is 11.8 Å². The van der Waals surface area contributed by atoms with E-state index < -0.39 is 12.0 Å². The summed E-state index contributed by atoms with van der Waals surface area (Å²) in [7, 11) is 0. The van der Waals surface area contributed by atoms with Crippen molar-refractivity contribution >= 4 is 16.7 Å². The van der Waals surface area contributed by atoms with Gasteiger partial charge in [0.1, 0.15) is 23.2 Å². The number of nitrogens with zero attached hydrogens (tertiary/aromatic N) is 2. The number of hydrogen-bond acceptors (Lipinski definition) is 5. The highest BCUT2D eigenvalue weighted by Crippen LogP contribution is 2.28. The molecule has 3 atom stereocenters. The van der Waals surface area contributed by atoms with Crippen LogP contribution in [0.4, 0.5) is 4.39 Å². The van der Waals surface area contributed by atoms with Crippen LogP contribution in [0.2, 0.25) is 0 Å². The van der Waals surface area contributed by atoms with E-state index in [0.717, 1.165) is 19.3 Å². The number of nitriles is 1. The van der Waals surface area contributed by atoms with Crippen LogP contribution < -0.4 is 9.47 Å². The SMILES string of the molecule is CC(Oc1ccc(Oc2ccc3cc(F)ccc3n2)cc1)C(=O)C(C#N)C1C=CCCC1. The minimum Gasteiger partial charge on any atom is -0.483 e. The highest BCUT2D eigenvalue weighted by atomic mass is 19.1. The molecule has 32 heavy (non-hydrogen) atoms. The van der Waals surface area contributed by atoms with Crippen molar-refractivity contribution in [3.63, 3.8) is 0 Å². The maximum Gasteiger partial charge on any atom is 0.219 e. The monoisotopic (exact) mass is 430 g/mol. The lowest BCUT2D eigenvalue weighted by Gasteiger charge is -2.23. The van der Waals surface area contributed by atoms with E-state index in [0.29, 0.717) is 28.3 Å². The van der Waals surface area contributed by atoms with Crippen molar-refractivity contribution < 1.29 is 18.7 Å². The summed E-state index contributed by atoms with van der Waals surface area (Å²) in [6.07, 6.45) is 6.12. The van der Waals surface area contributed by atoms with Crippen LogP contribution in [0.25, 0.3) is 10.9 Å². The number of benzene rings is 2. The van der Waals surface area contributed by atoms with Crippen LogP contribution in [0.15, 0.2) is 66.7 Å². The van der Waals surface area contributed by atoms with Gasteiger partial charge < -0.3 is 9.47 Å². The average molecular weight is 430 g/mol. The zero-order chi connectivity index (χ0) is 22.5. The Bertz CT molecular complexity index is 1180. The summed E-state index contributed by atoms with van der Waals surface area (Å²) >= 11 is 0. The first-order valence-corrected chi connectivity index (χ1v) is 10.6. The molecule has 6 heteroatoms. The van der Waals surface area contributed by atoms with E-state index in [-0.39, 0.29) is 17.5 Å². The molecule has 0 radical (unpaired) electrons. The number of aromatic nitrogens is 1. The molecule has 3 unspecified atom stereocenters. The second-order valence-electron chi connectivity index (χ2n) is 7.85. The van der Waals surface area contributed by atoms with Gasteiger partial charge in [0, 0.05) is 11.5 Å². The summed E-state index contributed by atoms with van der Waals surface area (Å²) in [5, 5.41) is 10.2. The molecule has 2 aromatic carbocycles. The Labute approximate surface area is 186 Å². The van der Waals surface area contributed by atoms with Gasteiger partial charge in [-0.3, -0.25) is 4.79 Å². The Hall–Kier alpha value is -3.72. The van der Waals surface area contributed by atoms with E-state index in [1.807, 2.05) is 12.2 Å². The second kappa shape index (κ2) is 9.61. The summed E-state index contributed by atoms with van der Waals surface area (Å²) < 4.78 is 24.9. The third-order valence-electron chi connectivity index (χ3n) is 5.55. The van der Waals surface area contributed by atoms with Gasteiger partial charge in [-0.25, -0.2) is 9.37 Å². The van der Waals surface area contributed by atoms with Crippen molar-refractivity contribution in [3.05, 3.63) is 72.6 Å². The van der Waals surface area contributed by atoms with Gasteiger partial charge in [0.25, 0.3) is 0 Å². The second-order valence-corrected chi connectivity index (χ2v) is 7.85. The lowest BCUT2D eigenvalue weighted by molar-refractivity contribution is -0.128. The van der Waals surface area contributed by atoms with Crippen LogP contribution in [0, 0.1) is 29.0 Å². The summed E-state index contributed by atoms with van der Waals surface area (Å²) in [5.41, 5.74) is 0.635. The van der Waals surface area contributed by atoms with Crippen LogP contribution >= 0.6 is 0 Å². The lowest BCUT2D eigenvalue weighted by atomic mass is 9.81. The number of pyridine rings is 1. The number of ketones is 1. The fourth-order valence-electron chi connectivity index (χ4n) is 3.84. The summed E-state index contributed by atoms with van der Waals surface area (Å²) in [5.74, 6) is 0.182. The van der Waals surface area contributed by atoms with Gasteiger partial charge in [0.05, 0.1) is 11.6 Å². The topological polar surface area (TPSA) is 72.2 Å². The highest BCUT2D eigenvalue weighted by Gasteiger charge is 2.31. The van der Waals surface area contributed by atoms with Crippen molar-refractivity contribution in [1.29, 1.82) is 5.26 Å². The van der Waals surface area contributed by atoms with Crippen molar-refractivity contribution in [3.8, 4) is 23.4 Å². The molecule has 0 saturated heterocycles. The highest BCUT2D eigenvalue weighted by molar-refractivity contribution is 5.88. The van der Waals surface area contributed by atoms with Crippen molar-refractivity contribution in [2.45, 2.75) is 32.3 Å². The number of rotatable bonds is 7. The number of Topliss-reactive ketones (excluding diaryl/α,β-unsaturated/α-hetero) is 1. The maximum atomic E-state index is 13.3. The van der Waals surface area contributed by atoms with Crippen LogP contribution in [0.1, 0.15) is 26.2 Å². The van der Waals surface area contributed by atoms with Crippen molar-refractivity contribution in [1.82, 2.24) is 4.98 Å². The quantitative estimate of drug-likeness (QED) is 0.430. The molecule has 0 spiro atoms. The van der Waals surface area contributed by atoms with E-state index in [1.54, 1.807) is 49.4 Å². The fourth-order valence-corrected chi connectivity index (χ4v) is 3.84. The van der Waals surface area contributed by atoms with Gasteiger partial charge in [0.2, 0.25) is 5.88 Å². The van der Waals surface area contributed by atoms with E-state index >= 15 is 0 Å². The molecule has 5 nitrogen and oxygen atoms in total. The number of ether oxygens (including phenoxy) is 2. The number of fused-ring (bicyclic) bond motifs is 1. The van der Waals surface area contributed by atoms with E-state index in [2.05, 4.69) is 11.1 Å². The minimum absolute atomic E-state index is 0.0472. The number of allylic oxidation sites excluding steroid dienone is 2. The minimum atomic E-state index is -0.732. The molecule has 0 N–H and O–H groups in total. The van der Waals surface area contributed by atoms with E-state index in [4.69, 9.17) is 9.47 Å². The summed E-state index contributed by atoms with van der Waals surface area (Å²) in [6, 6.07) is 16.8. The first-order chi connectivity index (χ1) is 15.5. The van der Waals surface area contributed by atoms with Gasteiger partial charge in [-0.1, -0.05) is 12.2 Å². The van der Waals surface area contributed by atoms with E-state index in [1.165, 1.54) is 12.1 Å². The largest absolute Gasteiger partial charge is 0.483 e. The predicted molar refractivity (Wildman–Crippen MR) is 119 cm³/mol. The average Bonchev–Trinajstić information content (AvgIpc) is 2.81. The zero-order valence-electron chi connectivity index (χ0n) is 17.7. The predicted octanol–water partition coefficient (Wildman–Crippen LogP) is 6.00. The molecule has 1 heterocycles. The third kappa shape index (κ3) is 4.94. The molecule has 1 aliphatic carbocycles. The molecule has 1 aliphatic rings. The maximum absolute atomic E-state index is 13.3. The molecule has 3 aromatic rings. The molecule has 1 aromatic heterocycles. The smallest absolute Gasteiger partial charge is 0.219 e. The molecule has 162 valence electrons. The number of carbonyl (C=O) groups excluding carboxylic acids is 1. The first kappa shape index (κ1) is 21.5. The van der Waals surface area contributed by atoms with Crippen molar-refractivity contribution in [2.75, 3.05) is 0 Å². The van der Waals surface area contributed by atoms with Gasteiger partial charge in [-0.2, -0.15) is 5.26 Å². The molecular formula is C26H23FN2O3. The van der Waals surface area contributed by atoms with Crippen LogP contribution in [0.3, 0.4) is 0 Å². The summed E-state index contributed by atoms with van der Waals surface area (Å²) in [4.78, 5) is 17.2. The molecule has 0 aliphatic heterocycles. The molecule has 0 fully saturated rings. The number of hydrogen-bond donors (Lipinski definition) is 0. The Kier molecular flexibility index (Phi) is 6.46. The van der Waals surface area contributed by atoms with Crippen LogP contribution in [-0.4, -0.2) is 16.9 Å². The Morgan fingerprint density at radius 3 is 2.66 bits per heavy atom. The van der Waals surface area contributed by atoms with E-state index in [9.17, 15) is 14.4 Å². The normalized spacial score (nSPS) is 17.3.